The van der Waals surface area contributed by atoms with Gasteiger partial charge in [0.1, 0.15) is 0 Å². The van der Waals surface area contributed by atoms with Gasteiger partial charge >= 0.3 is 0 Å². The van der Waals surface area contributed by atoms with Gasteiger partial charge in [-0.2, -0.15) is 0 Å². The smallest absolute Gasteiger partial charge is 0.0374 e. The van der Waals surface area contributed by atoms with Crippen LogP contribution in [0.2, 0.25) is 0 Å². The van der Waals surface area contributed by atoms with E-state index in [9.17, 15) is 0 Å². The number of hydrogen-bond acceptors (Lipinski definition) is 1. The van der Waals surface area contributed by atoms with Crippen LogP contribution >= 0.6 is 0 Å². The van der Waals surface area contributed by atoms with Crippen molar-refractivity contribution < 1.29 is 0 Å². The standard InChI is InChI=1S/C14H21N/c1-10-6-4-9-14(12(10)3)15-13-8-5-7-11(13)2/h4,6,9,11,13,15H,5,7-8H2,1-3H3. The van der Waals surface area contributed by atoms with E-state index in [1.807, 2.05) is 0 Å². The molecule has 15 heavy (non-hydrogen) atoms. The summed E-state index contributed by atoms with van der Waals surface area (Å²) in [4.78, 5) is 0. The van der Waals surface area contributed by atoms with Crippen LogP contribution in [-0.4, -0.2) is 6.04 Å². The van der Waals surface area contributed by atoms with Gasteiger partial charge in [0.15, 0.2) is 0 Å². The lowest BCUT2D eigenvalue weighted by Gasteiger charge is -2.20. The van der Waals surface area contributed by atoms with Crippen molar-refractivity contribution in [2.24, 2.45) is 5.92 Å². The molecule has 2 atom stereocenters. The molecule has 1 saturated carbocycles. The van der Waals surface area contributed by atoms with Crippen molar-refractivity contribution in [3.05, 3.63) is 29.3 Å². The van der Waals surface area contributed by atoms with Crippen LogP contribution in [0.5, 0.6) is 0 Å². The highest BCUT2D eigenvalue weighted by Gasteiger charge is 2.23. The van der Waals surface area contributed by atoms with E-state index in [1.54, 1.807) is 0 Å². The van der Waals surface area contributed by atoms with Crippen LogP contribution in [0.3, 0.4) is 0 Å². The summed E-state index contributed by atoms with van der Waals surface area (Å²) in [5, 5.41) is 3.70. The van der Waals surface area contributed by atoms with Crippen LogP contribution in [0.25, 0.3) is 0 Å². The van der Waals surface area contributed by atoms with Gasteiger partial charge in [-0.25, -0.2) is 0 Å². The first kappa shape index (κ1) is 10.5. The summed E-state index contributed by atoms with van der Waals surface area (Å²) in [5.74, 6) is 0.824. The third-order valence-electron chi connectivity index (χ3n) is 3.81. The fourth-order valence-corrected chi connectivity index (χ4v) is 2.47. The maximum Gasteiger partial charge on any atom is 0.0374 e. The first-order valence-electron chi connectivity index (χ1n) is 6.01. The van der Waals surface area contributed by atoms with Gasteiger partial charge in [0.2, 0.25) is 0 Å². The molecule has 2 rings (SSSR count). The zero-order valence-electron chi connectivity index (χ0n) is 10.0. The highest BCUT2D eigenvalue weighted by Crippen LogP contribution is 2.29. The molecule has 0 radical (unpaired) electrons. The van der Waals surface area contributed by atoms with Crippen molar-refractivity contribution in [3.8, 4) is 0 Å². The quantitative estimate of drug-likeness (QED) is 0.768. The molecular weight excluding hydrogens is 182 g/mol. The van der Waals surface area contributed by atoms with Crippen LogP contribution < -0.4 is 5.32 Å². The van der Waals surface area contributed by atoms with E-state index < -0.39 is 0 Å². The van der Waals surface area contributed by atoms with Gasteiger partial charge in [-0.1, -0.05) is 25.5 Å². The van der Waals surface area contributed by atoms with Crippen LogP contribution in [0, 0.1) is 19.8 Å². The number of nitrogens with one attached hydrogen (secondary N) is 1. The van der Waals surface area contributed by atoms with Crippen molar-refractivity contribution >= 4 is 5.69 Å². The minimum Gasteiger partial charge on any atom is -0.382 e. The summed E-state index contributed by atoms with van der Waals surface area (Å²) in [6.07, 6.45) is 4.08. The largest absolute Gasteiger partial charge is 0.382 e. The lowest BCUT2D eigenvalue weighted by Crippen LogP contribution is -2.22. The Morgan fingerprint density at radius 3 is 2.67 bits per heavy atom. The van der Waals surface area contributed by atoms with E-state index in [1.165, 1.54) is 36.1 Å². The zero-order valence-corrected chi connectivity index (χ0v) is 10.0. The Hall–Kier alpha value is -0.980. The molecule has 1 fully saturated rings. The highest BCUT2D eigenvalue weighted by molar-refractivity contribution is 5.54. The Morgan fingerprint density at radius 1 is 1.20 bits per heavy atom. The second kappa shape index (κ2) is 4.26. The van der Waals surface area contributed by atoms with Gasteiger partial charge in [-0.3, -0.25) is 0 Å². The topological polar surface area (TPSA) is 12.0 Å². The van der Waals surface area contributed by atoms with E-state index in [0.29, 0.717) is 6.04 Å². The Balaban J connectivity index is 2.13. The molecule has 2 unspecified atom stereocenters. The molecule has 1 aliphatic carbocycles. The summed E-state index contributed by atoms with van der Waals surface area (Å²) >= 11 is 0. The monoisotopic (exact) mass is 203 g/mol. The fraction of sp³-hybridized carbons (Fsp3) is 0.571. The summed E-state index contributed by atoms with van der Waals surface area (Å²) in [6.45, 7) is 6.74. The van der Waals surface area contributed by atoms with Crippen LogP contribution in [-0.2, 0) is 0 Å². The van der Waals surface area contributed by atoms with Gasteiger partial charge in [-0.15, -0.1) is 0 Å². The summed E-state index contributed by atoms with van der Waals surface area (Å²) in [7, 11) is 0. The van der Waals surface area contributed by atoms with Crippen molar-refractivity contribution in [3.63, 3.8) is 0 Å². The predicted molar refractivity (Wildman–Crippen MR) is 66.3 cm³/mol. The molecule has 1 nitrogen and oxygen atoms in total. The van der Waals surface area contributed by atoms with E-state index in [2.05, 4.69) is 44.3 Å². The van der Waals surface area contributed by atoms with E-state index in [0.717, 1.165) is 5.92 Å². The molecule has 1 aromatic rings. The molecule has 82 valence electrons. The number of aryl methyl sites for hydroxylation is 1. The fourth-order valence-electron chi connectivity index (χ4n) is 2.47. The summed E-state index contributed by atoms with van der Waals surface area (Å²) in [6, 6.07) is 7.21. The molecule has 0 bridgehead atoms. The average Bonchev–Trinajstić information content (AvgIpc) is 2.60. The normalized spacial score (nSPS) is 25.5. The lowest BCUT2D eigenvalue weighted by molar-refractivity contribution is 0.556. The SMILES string of the molecule is Cc1cccc(NC2CCCC2C)c1C. The molecule has 0 aliphatic heterocycles. The Bertz CT molecular complexity index is 343. The number of hydrogen-bond donors (Lipinski definition) is 1. The maximum absolute atomic E-state index is 3.70. The maximum atomic E-state index is 3.70. The molecule has 1 aromatic carbocycles. The van der Waals surface area contributed by atoms with Crippen LogP contribution in [0.15, 0.2) is 18.2 Å². The molecule has 1 aliphatic rings. The van der Waals surface area contributed by atoms with Crippen LogP contribution in [0.4, 0.5) is 5.69 Å². The molecule has 1 N–H and O–H groups in total. The first-order chi connectivity index (χ1) is 7.18. The summed E-state index contributed by atoms with van der Waals surface area (Å²) < 4.78 is 0. The van der Waals surface area contributed by atoms with Crippen molar-refractivity contribution in [1.82, 2.24) is 0 Å². The third kappa shape index (κ3) is 2.17. The second-order valence-electron chi connectivity index (χ2n) is 4.91. The van der Waals surface area contributed by atoms with Gasteiger partial charge in [0.05, 0.1) is 0 Å². The van der Waals surface area contributed by atoms with Gasteiger partial charge in [-0.05, 0) is 49.8 Å². The minimum absolute atomic E-state index is 0.686. The molecule has 0 amide bonds. The van der Waals surface area contributed by atoms with Crippen molar-refractivity contribution in [1.29, 1.82) is 0 Å². The molecule has 0 spiro atoms. The van der Waals surface area contributed by atoms with Crippen LogP contribution in [0.1, 0.15) is 37.3 Å². The Kier molecular flexibility index (Phi) is 2.99. The van der Waals surface area contributed by atoms with Gasteiger partial charge < -0.3 is 5.32 Å². The summed E-state index contributed by atoms with van der Waals surface area (Å²) in [5.41, 5.74) is 4.11. The highest BCUT2D eigenvalue weighted by atomic mass is 14.9. The molecule has 0 heterocycles. The lowest BCUT2D eigenvalue weighted by atomic mass is 10.0. The number of anilines is 1. The average molecular weight is 203 g/mol. The molecule has 0 saturated heterocycles. The second-order valence-corrected chi connectivity index (χ2v) is 4.91. The number of rotatable bonds is 2. The van der Waals surface area contributed by atoms with Crippen molar-refractivity contribution in [2.45, 2.75) is 46.1 Å². The Labute approximate surface area is 92.9 Å². The van der Waals surface area contributed by atoms with Gasteiger partial charge in [0, 0.05) is 11.7 Å². The van der Waals surface area contributed by atoms with E-state index in [4.69, 9.17) is 0 Å². The predicted octanol–water partition coefficient (Wildman–Crippen LogP) is 3.90. The first-order valence-corrected chi connectivity index (χ1v) is 6.01. The van der Waals surface area contributed by atoms with E-state index in [-0.39, 0.29) is 0 Å². The zero-order chi connectivity index (χ0) is 10.8. The van der Waals surface area contributed by atoms with Crippen molar-refractivity contribution in [2.75, 3.05) is 5.32 Å². The molecule has 0 aromatic heterocycles. The third-order valence-corrected chi connectivity index (χ3v) is 3.81. The Morgan fingerprint density at radius 2 is 2.00 bits per heavy atom. The minimum atomic E-state index is 0.686. The van der Waals surface area contributed by atoms with Gasteiger partial charge in [0.25, 0.3) is 0 Å². The molecule has 1 heteroatoms. The van der Waals surface area contributed by atoms with E-state index >= 15 is 0 Å². The molecular formula is C14H21N. The number of benzene rings is 1.